The Bertz CT molecular complexity index is 667. The zero-order valence-corrected chi connectivity index (χ0v) is 38.9. The first kappa shape index (κ1) is 58.4. The van der Waals surface area contributed by atoms with E-state index in [4.69, 9.17) is 14.6 Å². The average Bonchev–Trinajstić information content (AvgIpc) is 3.17. The van der Waals surface area contributed by atoms with E-state index in [1.54, 1.807) is 0 Å². The molecule has 0 aliphatic heterocycles. The number of ether oxygens (including phenoxy) is 1. The molecule has 5 heteroatoms. The van der Waals surface area contributed by atoms with Gasteiger partial charge in [0.25, 0.3) is 6.47 Å². The largest absolute Gasteiger partial charge is 0.483 e. The van der Waals surface area contributed by atoms with Crippen LogP contribution in [0.5, 0.6) is 0 Å². The Morgan fingerprint density at radius 2 is 0.709 bits per heavy atom. The van der Waals surface area contributed by atoms with Crippen molar-refractivity contribution in [3.63, 3.8) is 0 Å². The summed E-state index contributed by atoms with van der Waals surface area (Å²) in [5, 5.41) is 6.89. The predicted octanol–water partition coefficient (Wildman–Crippen LogP) is 16.1. The number of nitrogens with zero attached hydrogens (tertiary/aromatic N) is 1. The van der Waals surface area contributed by atoms with Crippen molar-refractivity contribution in [3.05, 3.63) is 0 Å². The summed E-state index contributed by atoms with van der Waals surface area (Å²) >= 11 is 0. The highest BCUT2D eigenvalue weighted by Gasteiger charge is 2.11. The van der Waals surface area contributed by atoms with E-state index >= 15 is 0 Å². The molecule has 5 nitrogen and oxygen atoms in total. The summed E-state index contributed by atoms with van der Waals surface area (Å²) in [5.41, 5.74) is 0. The second-order valence-corrected chi connectivity index (χ2v) is 17.3. The fourth-order valence-electron chi connectivity index (χ4n) is 8.05. The van der Waals surface area contributed by atoms with Gasteiger partial charge in [-0.05, 0) is 57.7 Å². The number of methoxy groups -OCH3 is 1. The van der Waals surface area contributed by atoms with Crippen molar-refractivity contribution < 1.29 is 19.4 Å². The number of carbonyl (C=O) groups excluding carboxylic acids is 1. The summed E-state index contributed by atoms with van der Waals surface area (Å²) < 4.78 is 5.18. The number of hydrogen-bond donors (Lipinski definition) is 1. The van der Waals surface area contributed by atoms with Crippen LogP contribution in [0.3, 0.4) is 0 Å². The first-order chi connectivity index (χ1) is 26.9. The molecule has 0 radical (unpaired) electrons. The Balaban J connectivity index is -0.00000124. The summed E-state index contributed by atoms with van der Waals surface area (Å²) in [6, 6.07) is 0. The van der Waals surface area contributed by atoms with E-state index < -0.39 is 0 Å². The van der Waals surface area contributed by atoms with Crippen molar-refractivity contribution in [2.45, 2.75) is 259 Å². The lowest BCUT2D eigenvalue weighted by atomic mass is 9.90. The molecular weight excluding hydrogens is 679 g/mol. The van der Waals surface area contributed by atoms with Crippen LogP contribution in [-0.2, 0) is 14.3 Å². The van der Waals surface area contributed by atoms with Gasteiger partial charge >= 0.3 is 0 Å². The molecule has 1 atom stereocenters. The molecule has 0 saturated heterocycles. The van der Waals surface area contributed by atoms with Gasteiger partial charge < -0.3 is 19.5 Å². The number of unbranched alkanes of at least 4 members (excludes halogenated alkanes) is 21. The molecule has 0 fully saturated rings. The van der Waals surface area contributed by atoms with Crippen LogP contribution in [0.15, 0.2) is 0 Å². The quantitative estimate of drug-likeness (QED) is 0.0493. The van der Waals surface area contributed by atoms with E-state index in [1.807, 2.05) is 7.11 Å². The molecule has 332 valence electrons. The van der Waals surface area contributed by atoms with E-state index in [0.29, 0.717) is 0 Å². The lowest BCUT2D eigenvalue weighted by molar-refractivity contribution is -0.122. The number of hydrogen-bond acceptors (Lipinski definition) is 4. The first-order valence-corrected chi connectivity index (χ1v) is 24.5. The van der Waals surface area contributed by atoms with Crippen LogP contribution < -0.4 is 0 Å². The third-order valence-electron chi connectivity index (χ3n) is 11.7. The van der Waals surface area contributed by atoms with E-state index in [-0.39, 0.29) is 6.47 Å². The smallest absolute Gasteiger partial charge is 0.290 e. The van der Waals surface area contributed by atoms with Gasteiger partial charge in [-0.15, -0.1) is 0 Å². The molecule has 0 spiro atoms. The molecule has 1 N–H and O–H groups in total. The monoisotopic (exact) mass is 782 g/mol. The Morgan fingerprint density at radius 1 is 0.436 bits per heavy atom. The van der Waals surface area contributed by atoms with Crippen molar-refractivity contribution >= 4 is 12.8 Å². The molecule has 0 heterocycles. The molecule has 0 amide bonds. The van der Waals surface area contributed by atoms with Gasteiger partial charge in [-0.1, -0.05) is 233 Å². The minimum absolute atomic E-state index is 0.250. The Labute approximate surface area is 347 Å². The molecule has 0 rings (SSSR count). The minimum Gasteiger partial charge on any atom is -0.483 e. The zero-order chi connectivity index (χ0) is 41.3. The summed E-state index contributed by atoms with van der Waals surface area (Å²) in [4.78, 5) is 21.1. The highest BCUT2D eigenvalue weighted by molar-refractivity contribution is 5.48. The standard InChI is InChI=1S/C35H71NO.C14H30O.CH2O2/c1-5-7-20-26-34(27-21-8-6-2)28-22-16-12-9-10-13-17-23-29-35(31-32-36(3)4)30-24-18-14-11-15-19-25-33-37;1-4-6-8-10-14(12-13-15-3)11-9-7-5-2;2-1-3/h33-35H,5-32H2,1-4H3;14H,4-13H2,1-3H3;1H,(H,2,3). The summed E-state index contributed by atoms with van der Waals surface area (Å²) in [7, 11) is 6.25. The van der Waals surface area contributed by atoms with Crippen LogP contribution in [-0.4, -0.2) is 57.1 Å². The van der Waals surface area contributed by atoms with Gasteiger partial charge in [0, 0.05) is 20.1 Å². The van der Waals surface area contributed by atoms with E-state index in [1.165, 1.54) is 225 Å². The van der Waals surface area contributed by atoms with Crippen molar-refractivity contribution in [1.82, 2.24) is 4.90 Å². The van der Waals surface area contributed by atoms with Crippen LogP contribution >= 0.6 is 0 Å². The first-order valence-electron chi connectivity index (χ1n) is 24.5. The van der Waals surface area contributed by atoms with Crippen molar-refractivity contribution in [2.75, 3.05) is 34.4 Å². The Kier molecular flexibility index (Phi) is 56.3. The highest BCUT2D eigenvalue weighted by Crippen LogP contribution is 2.25. The van der Waals surface area contributed by atoms with Crippen LogP contribution in [0, 0.1) is 17.8 Å². The fourth-order valence-corrected chi connectivity index (χ4v) is 8.05. The van der Waals surface area contributed by atoms with Crippen molar-refractivity contribution in [2.24, 2.45) is 17.8 Å². The van der Waals surface area contributed by atoms with Crippen LogP contribution in [0.1, 0.15) is 259 Å². The summed E-state index contributed by atoms with van der Waals surface area (Å²) in [5.74, 6) is 2.87. The van der Waals surface area contributed by atoms with Gasteiger partial charge in [0.05, 0.1) is 0 Å². The van der Waals surface area contributed by atoms with Gasteiger partial charge in [0.15, 0.2) is 0 Å². The second-order valence-electron chi connectivity index (χ2n) is 17.3. The molecule has 0 saturated carbocycles. The number of carboxylic acid groups (broad SMARTS) is 1. The molecule has 0 aliphatic rings. The molecule has 0 aliphatic carbocycles. The van der Waals surface area contributed by atoms with Gasteiger partial charge in [-0.3, -0.25) is 4.79 Å². The predicted molar refractivity (Wildman–Crippen MR) is 245 cm³/mol. The number of rotatable bonds is 42. The lowest BCUT2D eigenvalue weighted by Gasteiger charge is -2.19. The number of aldehydes is 1. The lowest BCUT2D eigenvalue weighted by Crippen LogP contribution is -2.17. The SMILES string of the molecule is CCCCCC(CCCCC)CCCCCCCCCCC(CCCCCCCCC=O)CCN(C)C.CCCCCC(CCCCC)CCOC.O=CO. The molecule has 0 aromatic heterocycles. The van der Waals surface area contributed by atoms with Gasteiger partial charge in [-0.25, -0.2) is 0 Å². The Hall–Kier alpha value is -0.940. The normalized spacial score (nSPS) is 11.7. The summed E-state index contributed by atoms with van der Waals surface area (Å²) in [6.45, 7) is 11.2. The van der Waals surface area contributed by atoms with Crippen molar-refractivity contribution in [1.29, 1.82) is 0 Å². The topological polar surface area (TPSA) is 66.8 Å². The fraction of sp³-hybridized carbons (Fsp3) is 0.960. The average molecular weight is 782 g/mol. The molecule has 55 heavy (non-hydrogen) atoms. The Morgan fingerprint density at radius 3 is 1.00 bits per heavy atom. The maximum atomic E-state index is 10.4. The van der Waals surface area contributed by atoms with Gasteiger partial charge in [0.1, 0.15) is 6.29 Å². The number of carbonyl (C=O) groups is 2. The van der Waals surface area contributed by atoms with Gasteiger partial charge in [0.2, 0.25) is 0 Å². The third-order valence-corrected chi connectivity index (χ3v) is 11.7. The zero-order valence-electron chi connectivity index (χ0n) is 38.9. The maximum absolute atomic E-state index is 10.4. The second kappa shape index (κ2) is 53.1. The maximum Gasteiger partial charge on any atom is 0.290 e. The van der Waals surface area contributed by atoms with Crippen LogP contribution in [0.2, 0.25) is 0 Å². The van der Waals surface area contributed by atoms with Gasteiger partial charge in [-0.2, -0.15) is 0 Å². The van der Waals surface area contributed by atoms with E-state index in [0.717, 1.165) is 43.5 Å². The molecule has 0 aromatic rings. The molecule has 1 unspecified atom stereocenters. The van der Waals surface area contributed by atoms with Crippen LogP contribution in [0.4, 0.5) is 0 Å². The van der Waals surface area contributed by atoms with Crippen molar-refractivity contribution in [3.8, 4) is 0 Å². The van der Waals surface area contributed by atoms with E-state index in [9.17, 15) is 4.79 Å². The molecule has 0 aromatic carbocycles. The molecular formula is C50H103NO4. The molecule has 0 bridgehead atoms. The highest BCUT2D eigenvalue weighted by atomic mass is 16.5. The minimum atomic E-state index is -0.250. The van der Waals surface area contributed by atoms with E-state index in [2.05, 4.69) is 46.7 Å². The third kappa shape index (κ3) is 53.1. The summed E-state index contributed by atoms with van der Waals surface area (Å²) in [6.07, 6.45) is 51.0. The van der Waals surface area contributed by atoms with Crippen LogP contribution in [0.25, 0.3) is 0 Å².